The number of hydrogen-bond donors (Lipinski definition) is 2. The van der Waals surface area contributed by atoms with Gasteiger partial charge in [0.15, 0.2) is 0 Å². The maximum absolute atomic E-state index is 11.9. The molecule has 6 nitrogen and oxygen atoms in total. The molecule has 122 valence electrons. The van der Waals surface area contributed by atoms with Crippen molar-refractivity contribution in [2.75, 3.05) is 25.4 Å². The fourth-order valence-corrected chi connectivity index (χ4v) is 3.47. The standard InChI is InChI=1S/C14H25NO5S/c1-10(6-16)7-21-14(5-11(17)18)8-15(9-14)12(19)20-13(2,3)4/h10,16H,5-9H2,1-4H3,(H,17,18). The van der Waals surface area contributed by atoms with Gasteiger partial charge in [0, 0.05) is 19.7 Å². The Labute approximate surface area is 129 Å². The van der Waals surface area contributed by atoms with Gasteiger partial charge in [-0.05, 0) is 32.4 Å². The van der Waals surface area contributed by atoms with Crippen molar-refractivity contribution in [1.29, 1.82) is 0 Å². The first-order valence-electron chi connectivity index (χ1n) is 7.01. The average molecular weight is 319 g/mol. The third-order valence-electron chi connectivity index (χ3n) is 3.07. The van der Waals surface area contributed by atoms with E-state index >= 15 is 0 Å². The van der Waals surface area contributed by atoms with Crippen molar-refractivity contribution < 1.29 is 24.5 Å². The zero-order valence-electron chi connectivity index (χ0n) is 13.1. The number of hydrogen-bond acceptors (Lipinski definition) is 5. The Morgan fingerprint density at radius 1 is 1.38 bits per heavy atom. The van der Waals surface area contributed by atoms with Crippen molar-refractivity contribution in [3.8, 4) is 0 Å². The Hall–Kier alpha value is -0.950. The van der Waals surface area contributed by atoms with Crippen LogP contribution in [0, 0.1) is 5.92 Å². The molecule has 1 aliphatic rings. The zero-order valence-corrected chi connectivity index (χ0v) is 13.9. The number of carboxylic acids is 1. The number of rotatable bonds is 6. The van der Waals surface area contributed by atoms with Crippen LogP contribution >= 0.6 is 11.8 Å². The van der Waals surface area contributed by atoms with Crippen molar-refractivity contribution >= 4 is 23.8 Å². The average Bonchev–Trinajstić information content (AvgIpc) is 2.28. The van der Waals surface area contributed by atoms with Crippen molar-refractivity contribution in [3.05, 3.63) is 0 Å². The molecule has 1 heterocycles. The number of aliphatic hydroxyl groups excluding tert-OH is 1. The Balaban J connectivity index is 2.57. The topological polar surface area (TPSA) is 87.1 Å². The number of carboxylic acid groups (broad SMARTS) is 1. The third-order valence-corrected chi connectivity index (χ3v) is 4.82. The molecule has 0 aromatic carbocycles. The summed E-state index contributed by atoms with van der Waals surface area (Å²) in [5, 5.41) is 18.1. The summed E-state index contributed by atoms with van der Waals surface area (Å²) < 4.78 is 4.81. The molecule has 2 N–H and O–H groups in total. The lowest BCUT2D eigenvalue weighted by atomic mass is 9.95. The first-order chi connectivity index (χ1) is 9.57. The van der Waals surface area contributed by atoms with Gasteiger partial charge in [0.2, 0.25) is 0 Å². The maximum Gasteiger partial charge on any atom is 0.410 e. The van der Waals surface area contributed by atoms with Crippen molar-refractivity contribution in [2.45, 2.75) is 44.5 Å². The van der Waals surface area contributed by atoms with Crippen LogP contribution in [0.5, 0.6) is 0 Å². The zero-order chi connectivity index (χ0) is 16.3. The van der Waals surface area contributed by atoms with E-state index in [4.69, 9.17) is 14.9 Å². The number of aliphatic hydroxyl groups is 1. The lowest BCUT2D eigenvalue weighted by molar-refractivity contribution is -0.138. The highest BCUT2D eigenvalue weighted by Gasteiger charge is 2.48. The Morgan fingerprint density at radius 2 is 1.95 bits per heavy atom. The molecule has 0 bridgehead atoms. The summed E-state index contributed by atoms with van der Waals surface area (Å²) in [4.78, 5) is 24.5. The Kier molecular flexibility index (Phi) is 5.92. The second-order valence-electron chi connectivity index (χ2n) is 6.69. The van der Waals surface area contributed by atoms with Gasteiger partial charge in [-0.15, -0.1) is 0 Å². The molecule has 1 unspecified atom stereocenters. The molecule has 0 saturated carbocycles. The smallest absolute Gasteiger partial charge is 0.410 e. The van der Waals surface area contributed by atoms with E-state index < -0.39 is 22.4 Å². The number of nitrogens with zero attached hydrogens (tertiary/aromatic N) is 1. The number of amides is 1. The molecule has 1 amide bonds. The van der Waals surface area contributed by atoms with Crippen LogP contribution in [0.4, 0.5) is 4.79 Å². The van der Waals surface area contributed by atoms with E-state index in [1.807, 2.05) is 6.92 Å². The van der Waals surface area contributed by atoms with Crippen LogP contribution in [0.15, 0.2) is 0 Å². The molecule has 0 radical (unpaired) electrons. The van der Waals surface area contributed by atoms with E-state index in [0.717, 1.165) is 0 Å². The van der Waals surface area contributed by atoms with Crippen LogP contribution in [-0.2, 0) is 9.53 Å². The molecule has 1 atom stereocenters. The van der Waals surface area contributed by atoms with Crippen LogP contribution in [0.2, 0.25) is 0 Å². The van der Waals surface area contributed by atoms with Crippen molar-refractivity contribution in [3.63, 3.8) is 0 Å². The minimum absolute atomic E-state index is 0.00904. The van der Waals surface area contributed by atoms with Gasteiger partial charge in [0.25, 0.3) is 0 Å². The summed E-state index contributed by atoms with van der Waals surface area (Å²) >= 11 is 1.52. The second kappa shape index (κ2) is 6.87. The van der Waals surface area contributed by atoms with Gasteiger partial charge in [0.05, 0.1) is 11.2 Å². The minimum Gasteiger partial charge on any atom is -0.481 e. The van der Waals surface area contributed by atoms with Gasteiger partial charge in [-0.2, -0.15) is 11.8 Å². The van der Waals surface area contributed by atoms with Crippen molar-refractivity contribution in [1.82, 2.24) is 4.90 Å². The fourth-order valence-electron chi connectivity index (χ4n) is 2.01. The van der Waals surface area contributed by atoms with Crippen molar-refractivity contribution in [2.24, 2.45) is 5.92 Å². The molecule has 7 heteroatoms. The molecule has 1 rings (SSSR count). The molecular formula is C14H25NO5S. The number of carbonyl (C=O) groups excluding carboxylic acids is 1. The summed E-state index contributed by atoms with van der Waals surface area (Å²) in [5.74, 6) is -0.0920. The van der Waals surface area contributed by atoms with Crippen LogP contribution in [0.3, 0.4) is 0 Å². The molecule has 0 aromatic rings. The summed E-state index contributed by atoms with van der Waals surface area (Å²) in [5.41, 5.74) is -0.555. The summed E-state index contributed by atoms with van der Waals surface area (Å²) in [6.45, 7) is 8.12. The molecule has 21 heavy (non-hydrogen) atoms. The highest BCUT2D eigenvalue weighted by atomic mass is 32.2. The first-order valence-corrected chi connectivity index (χ1v) is 8.00. The monoisotopic (exact) mass is 319 g/mol. The van der Waals surface area contributed by atoms with Crippen LogP contribution in [-0.4, -0.2) is 63.0 Å². The van der Waals surface area contributed by atoms with Gasteiger partial charge >= 0.3 is 12.1 Å². The van der Waals surface area contributed by atoms with E-state index in [2.05, 4.69) is 0 Å². The van der Waals surface area contributed by atoms with E-state index in [9.17, 15) is 9.59 Å². The summed E-state index contributed by atoms with van der Waals surface area (Å²) in [6.07, 6.45) is -0.394. The van der Waals surface area contributed by atoms with Gasteiger partial charge in [-0.3, -0.25) is 4.79 Å². The molecular weight excluding hydrogens is 294 g/mol. The number of likely N-dealkylation sites (tertiary alicyclic amines) is 1. The third kappa shape index (κ3) is 5.74. The molecule has 0 spiro atoms. The SMILES string of the molecule is CC(CO)CSC1(CC(=O)O)CN(C(=O)OC(C)(C)C)C1. The van der Waals surface area contributed by atoms with Crippen LogP contribution < -0.4 is 0 Å². The quantitative estimate of drug-likeness (QED) is 0.776. The van der Waals surface area contributed by atoms with Crippen LogP contribution in [0.1, 0.15) is 34.1 Å². The normalized spacial score (nSPS) is 18.8. The van der Waals surface area contributed by atoms with Gasteiger partial charge in [0.1, 0.15) is 5.60 Å². The minimum atomic E-state index is -0.872. The first kappa shape index (κ1) is 18.1. The highest BCUT2D eigenvalue weighted by molar-refractivity contribution is 8.00. The largest absolute Gasteiger partial charge is 0.481 e. The van der Waals surface area contributed by atoms with Gasteiger partial charge in [-0.25, -0.2) is 4.79 Å². The van der Waals surface area contributed by atoms with Gasteiger partial charge < -0.3 is 19.8 Å². The molecule has 1 aliphatic heterocycles. The Morgan fingerprint density at radius 3 is 2.38 bits per heavy atom. The summed E-state index contributed by atoms with van der Waals surface area (Å²) in [7, 11) is 0. The maximum atomic E-state index is 11.9. The Bertz CT molecular complexity index is 387. The predicted octanol–water partition coefficient (Wildman–Crippen LogP) is 1.81. The molecule has 1 saturated heterocycles. The van der Waals surface area contributed by atoms with E-state index in [1.54, 1.807) is 20.8 Å². The summed E-state index contributed by atoms with van der Waals surface area (Å²) in [6, 6.07) is 0. The number of aliphatic carboxylic acids is 1. The predicted molar refractivity (Wildman–Crippen MR) is 81.5 cm³/mol. The highest BCUT2D eigenvalue weighted by Crippen LogP contribution is 2.40. The van der Waals surface area contributed by atoms with E-state index in [1.165, 1.54) is 16.7 Å². The lowest BCUT2D eigenvalue weighted by Crippen LogP contribution is -2.63. The number of ether oxygens (including phenoxy) is 1. The number of carbonyl (C=O) groups is 2. The van der Waals surface area contributed by atoms with E-state index in [0.29, 0.717) is 18.8 Å². The molecule has 0 aromatic heterocycles. The lowest BCUT2D eigenvalue weighted by Gasteiger charge is -2.49. The molecule has 1 fully saturated rings. The molecule has 0 aliphatic carbocycles. The fraction of sp³-hybridized carbons (Fsp3) is 0.857. The van der Waals surface area contributed by atoms with E-state index in [-0.39, 0.29) is 18.9 Å². The van der Waals surface area contributed by atoms with Crippen LogP contribution in [0.25, 0.3) is 0 Å². The number of thioether (sulfide) groups is 1. The second-order valence-corrected chi connectivity index (χ2v) is 8.18. The van der Waals surface area contributed by atoms with Gasteiger partial charge in [-0.1, -0.05) is 6.92 Å².